The van der Waals surface area contributed by atoms with Crippen molar-refractivity contribution in [2.45, 2.75) is 19.1 Å². The average Bonchev–Trinajstić information content (AvgIpc) is 3.11. The number of ether oxygens (including phenoxy) is 2. The summed E-state index contributed by atoms with van der Waals surface area (Å²) >= 11 is 6.35. The Morgan fingerprint density at radius 2 is 1.67 bits per heavy atom. The van der Waals surface area contributed by atoms with Crippen LogP contribution < -0.4 is 9.47 Å². The Kier molecular flexibility index (Phi) is 6.21. The van der Waals surface area contributed by atoms with Crippen molar-refractivity contribution in [1.29, 1.82) is 0 Å². The van der Waals surface area contributed by atoms with E-state index in [2.05, 4.69) is 0 Å². The second-order valence-electron chi connectivity index (χ2n) is 7.04. The van der Waals surface area contributed by atoms with Crippen molar-refractivity contribution >= 4 is 22.6 Å². The van der Waals surface area contributed by atoms with E-state index in [4.69, 9.17) is 26.1 Å². The molecular formula is C24H23ClN2O3. The lowest BCUT2D eigenvalue weighted by Crippen LogP contribution is -2.24. The summed E-state index contributed by atoms with van der Waals surface area (Å²) in [5, 5.41) is 11.4. The number of hydrogen-bond donors (Lipinski definition) is 1. The van der Waals surface area contributed by atoms with E-state index in [-0.39, 0.29) is 6.61 Å². The zero-order valence-corrected chi connectivity index (χ0v) is 17.4. The first-order valence-corrected chi connectivity index (χ1v) is 10.1. The molecule has 1 atom stereocenters. The number of para-hydroxylation sites is 2. The lowest BCUT2D eigenvalue weighted by atomic mass is 10.1. The molecule has 0 bridgehead atoms. The van der Waals surface area contributed by atoms with E-state index in [0.29, 0.717) is 23.7 Å². The summed E-state index contributed by atoms with van der Waals surface area (Å²) < 4.78 is 12.9. The van der Waals surface area contributed by atoms with Crippen LogP contribution in [0.3, 0.4) is 0 Å². The molecule has 6 heteroatoms. The van der Waals surface area contributed by atoms with Gasteiger partial charge < -0.3 is 19.1 Å². The molecular weight excluding hydrogens is 400 g/mol. The van der Waals surface area contributed by atoms with Gasteiger partial charge in [0.1, 0.15) is 30.0 Å². The maximum atomic E-state index is 10.7. The van der Waals surface area contributed by atoms with E-state index < -0.39 is 6.10 Å². The Morgan fingerprint density at radius 3 is 2.43 bits per heavy atom. The van der Waals surface area contributed by atoms with E-state index in [1.165, 1.54) is 0 Å². The van der Waals surface area contributed by atoms with Gasteiger partial charge in [0.15, 0.2) is 0 Å². The Morgan fingerprint density at radius 1 is 0.967 bits per heavy atom. The largest absolute Gasteiger partial charge is 0.497 e. The molecule has 0 aliphatic rings. The van der Waals surface area contributed by atoms with Gasteiger partial charge in [0.25, 0.3) is 0 Å². The molecule has 0 saturated carbocycles. The third-order valence-corrected chi connectivity index (χ3v) is 5.30. The number of fused-ring (bicyclic) bond motifs is 1. The molecule has 4 rings (SSSR count). The van der Waals surface area contributed by atoms with Gasteiger partial charge in [-0.3, -0.25) is 0 Å². The summed E-state index contributed by atoms with van der Waals surface area (Å²) in [6, 6.07) is 23.0. The summed E-state index contributed by atoms with van der Waals surface area (Å²) in [6.45, 7) is 0.542. The second-order valence-corrected chi connectivity index (χ2v) is 7.44. The number of hydrogen-bond acceptors (Lipinski definition) is 4. The molecule has 0 saturated heterocycles. The first-order chi connectivity index (χ1) is 14.6. The van der Waals surface area contributed by atoms with Gasteiger partial charge in [-0.05, 0) is 48.0 Å². The van der Waals surface area contributed by atoms with Crippen molar-refractivity contribution in [2.24, 2.45) is 0 Å². The summed E-state index contributed by atoms with van der Waals surface area (Å²) in [5.41, 5.74) is 2.87. The number of methoxy groups -OCH3 is 1. The van der Waals surface area contributed by atoms with Gasteiger partial charge in [-0.2, -0.15) is 0 Å². The first-order valence-electron chi connectivity index (χ1n) is 9.76. The van der Waals surface area contributed by atoms with Crippen molar-refractivity contribution in [3.05, 3.63) is 89.2 Å². The van der Waals surface area contributed by atoms with Crippen LogP contribution in [-0.4, -0.2) is 34.5 Å². The highest BCUT2D eigenvalue weighted by Gasteiger charge is 2.16. The SMILES string of the molecule is COc1ccc(OCC(O)Cn2c(Cc3ccccc3Cl)nc3ccccc32)cc1. The van der Waals surface area contributed by atoms with Crippen molar-refractivity contribution in [1.82, 2.24) is 9.55 Å². The van der Waals surface area contributed by atoms with Gasteiger partial charge in [0.2, 0.25) is 0 Å². The van der Waals surface area contributed by atoms with Crippen LogP contribution in [0.4, 0.5) is 0 Å². The molecule has 0 fully saturated rings. The standard InChI is InChI=1S/C24H23ClN2O3/c1-29-19-10-12-20(13-11-19)30-16-18(28)15-27-23-9-5-4-8-22(23)26-24(27)14-17-6-2-3-7-21(17)25/h2-13,18,28H,14-16H2,1H3. The minimum absolute atomic E-state index is 0.171. The number of imidazole rings is 1. The van der Waals surface area contributed by atoms with Gasteiger partial charge in [-0.1, -0.05) is 41.9 Å². The van der Waals surface area contributed by atoms with Gasteiger partial charge in [0, 0.05) is 11.4 Å². The van der Waals surface area contributed by atoms with Crippen LogP contribution in [0, 0.1) is 0 Å². The minimum Gasteiger partial charge on any atom is -0.497 e. The lowest BCUT2D eigenvalue weighted by molar-refractivity contribution is 0.0928. The summed E-state index contributed by atoms with van der Waals surface area (Å²) in [7, 11) is 1.62. The number of rotatable bonds is 8. The van der Waals surface area contributed by atoms with Crippen molar-refractivity contribution < 1.29 is 14.6 Å². The van der Waals surface area contributed by atoms with Crippen LogP contribution in [0.5, 0.6) is 11.5 Å². The van der Waals surface area contributed by atoms with Crippen molar-refractivity contribution in [3.8, 4) is 11.5 Å². The van der Waals surface area contributed by atoms with E-state index >= 15 is 0 Å². The highest BCUT2D eigenvalue weighted by Crippen LogP contribution is 2.23. The molecule has 5 nitrogen and oxygen atoms in total. The molecule has 0 aliphatic heterocycles. The molecule has 1 N–H and O–H groups in total. The maximum Gasteiger partial charge on any atom is 0.119 e. The van der Waals surface area contributed by atoms with Crippen molar-refractivity contribution in [3.63, 3.8) is 0 Å². The fourth-order valence-corrected chi connectivity index (χ4v) is 3.61. The molecule has 1 aromatic heterocycles. The number of benzene rings is 3. The molecule has 0 spiro atoms. The van der Waals surface area contributed by atoms with Crippen molar-refractivity contribution in [2.75, 3.05) is 13.7 Å². The molecule has 0 amide bonds. The molecule has 4 aromatic rings. The quantitative estimate of drug-likeness (QED) is 0.446. The fraction of sp³-hybridized carbons (Fsp3) is 0.208. The van der Waals surface area contributed by atoms with Gasteiger partial charge in [-0.15, -0.1) is 0 Å². The molecule has 154 valence electrons. The number of nitrogens with zero attached hydrogens (tertiary/aromatic N) is 2. The van der Waals surface area contributed by atoms with Crippen LogP contribution in [0.15, 0.2) is 72.8 Å². The smallest absolute Gasteiger partial charge is 0.119 e. The predicted molar refractivity (Wildman–Crippen MR) is 118 cm³/mol. The zero-order chi connectivity index (χ0) is 20.9. The number of aliphatic hydroxyl groups is 1. The molecule has 1 unspecified atom stereocenters. The average molecular weight is 423 g/mol. The van der Waals surface area contributed by atoms with E-state index in [1.54, 1.807) is 7.11 Å². The third kappa shape index (κ3) is 4.58. The Bertz CT molecular complexity index is 1120. The first kappa shape index (κ1) is 20.3. The van der Waals surface area contributed by atoms with E-state index in [1.807, 2.05) is 77.4 Å². The second kappa shape index (κ2) is 9.20. The van der Waals surface area contributed by atoms with E-state index in [9.17, 15) is 5.11 Å². The molecule has 1 heterocycles. The van der Waals surface area contributed by atoms with Crippen LogP contribution in [-0.2, 0) is 13.0 Å². The van der Waals surface area contributed by atoms with Crippen LogP contribution >= 0.6 is 11.6 Å². The highest BCUT2D eigenvalue weighted by molar-refractivity contribution is 6.31. The van der Waals surface area contributed by atoms with Gasteiger partial charge in [-0.25, -0.2) is 4.98 Å². The summed E-state index contributed by atoms with van der Waals surface area (Å²) in [5.74, 6) is 2.30. The predicted octanol–water partition coefficient (Wildman–Crippen LogP) is 4.73. The van der Waals surface area contributed by atoms with Crippen LogP contribution in [0.25, 0.3) is 11.0 Å². The van der Waals surface area contributed by atoms with Gasteiger partial charge in [0.05, 0.1) is 24.7 Å². The Balaban J connectivity index is 1.52. The van der Waals surface area contributed by atoms with E-state index in [0.717, 1.165) is 28.2 Å². The maximum absolute atomic E-state index is 10.7. The van der Waals surface area contributed by atoms with Gasteiger partial charge >= 0.3 is 0 Å². The van der Waals surface area contributed by atoms with Crippen LogP contribution in [0.2, 0.25) is 5.02 Å². The highest BCUT2D eigenvalue weighted by atomic mass is 35.5. The lowest BCUT2D eigenvalue weighted by Gasteiger charge is -2.16. The minimum atomic E-state index is -0.699. The molecule has 0 aliphatic carbocycles. The Hall–Kier alpha value is -3.02. The number of halogens is 1. The number of aromatic nitrogens is 2. The fourth-order valence-electron chi connectivity index (χ4n) is 3.40. The normalized spacial score (nSPS) is 12.1. The number of aliphatic hydroxyl groups excluding tert-OH is 1. The Labute approximate surface area is 180 Å². The zero-order valence-electron chi connectivity index (χ0n) is 16.7. The summed E-state index contributed by atoms with van der Waals surface area (Å²) in [6.07, 6.45) is -0.116. The monoisotopic (exact) mass is 422 g/mol. The summed E-state index contributed by atoms with van der Waals surface area (Å²) in [4.78, 5) is 4.78. The van der Waals surface area contributed by atoms with Crippen LogP contribution in [0.1, 0.15) is 11.4 Å². The molecule has 30 heavy (non-hydrogen) atoms. The topological polar surface area (TPSA) is 56.5 Å². The third-order valence-electron chi connectivity index (χ3n) is 4.94. The molecule has 0 radical (unpaired) electrons. The molecule has 3 aromatic carbocycles.